The Labute approximate surface area is 144 Å². The first kappa shape index (κ1) is 17.6. The molecule has 124 valence electrons. The van der Waals surface area contributed by atoms with E-state index < -0.39 is 4.92 Å². The van der Waals surface area contributed by atoms with Crippen molar-refractivity contribution < 1.29 is 9.72 Å². The molecule has 2 aromatic rings. The Hall–Kier alpha value is -2.80. The lowest BCUT2D eigenvalue weighted by molar-refractivity contribution is -0.385. The Kier molecular flexibility index (Phi) is 5.97. The lowest BCUT2D eigenvalue weighted by Crippen LogP contribution is -2.22. The number of para-hydroxylation sites is 1. The van der Waals surface area contributed by atoms with E-state index in [1.807, 2.05) is 26.0 Å². The van der Waals surface area contributed by atoms with E-state index in [9.17, 15) is 14.9 Å². The zero-order valence-corrected chi connectivity index (χ0v) is 14.1. The van der Waals surface area contributed by atoms with Crippen LogP contribution in [0.5, 0.6) is 0 Å². The fourth-order valence-electron chi connectivity index (χ4n) is 1.86. The van der Waals surface area contributed by atoms with Crippen LogP contribution >= 0.6 is 11.9 Å². The monoisotopic (exact) mass is 343 g/mol. The number of nitro benzene ring substituents is 1. The molecule has 0 atom stereocenters. The molecule has 0 heterocycles. The minimum Gasteiger partial charge on any atom is -0.326 e. The van der Waals surface area contributed by atoms with Gasteiger partial charge in [0.25, 0.3) is 11.6 Å². The second kappa shape index (κ2) is 8.16. The minimum atomic E-state index is -0.439. The van der Waals surface area contributed by atoms with Crippen LogP contribution in [0.2, 0.25) is 0 Å². The molecule has 0 bridgehead atoms. The van der Waals surface area contributed by atoms with Crippen LogP contribution in [-0.2, 0) is 0 Å². The third kappa shape index (κ3) is 4.60. The summed E-state index contributed by atoms with van der Waals surface area (Å²) in [5, 5.41) is 13.6. The van der Waals surface area contributed by atoms with Crippen molar-refractivity contribution in [3.05, 3.63) is 76.0 Å². The van der Waals surface area contributed by atoms with Gasteiger partial charge in [0, 0.05) is 22.7 Å². The number of hydrogen-bond donors (Lipinski definition) is 2. The number of nitrogens with zero attached hydrogens (tertiary/aromatic N) is 1. The molecule has 2 N–H and O–H groups in total. The number of non-ortho nitro benzene ring substituents is 1. The number of nitro groups is 1. The number of hydrogen-bond acceptors (Lipinski definition) is 5. The molecular weight excluding hydrogens is 326 g/mol. The highest BCUT2D eigenvalue weighted by Gasteiger charge is 2.12. The van der Waals surface area contributed by atoms with Gasteiger partial charge < -0.3 is 10.0 Å². The van der Waals surface area contributed by atoms with Gasteiger partial charge in [-0.25, -0.2) is 0 Å². The van der Waals surface area contributed by atoms with E-state index in [0.717, 1.165) is 5.70 Å². The Morgan fingerprint density at radius 2 is 1.96 bits per heavy atom. The summed E-state index contributed by atoms with van der Waals surface area (Å²) in [7, 11) is 0. The van der Waals surface area contributed by atoms with E-state index in [4.69, 9.17) is 0 Å². The first-order valence-electron chi connectivity index (χ1n) is 7.22. The van der Waals surface area contributed by atoms with Crippen LogP contribution in [0.1, 0.15) is 24.2 Å². The van der Waals surface area contributed by atoms with Crippen LogP contribution in [0.3, 0.4) is 0 Å². The Bertz CT molecular complexity index is 790. The van der Waals surface area contributed by atoms with Gasteiger partial charge in [-0.3, -0.25) is 14.9 Å². The van der Waals surface area contributed by atoms with E-state index in [2.05, 4.69) is 10.0 Å². The van der Waals surface area contributed by atoms with Gasteiger partial charge in [-0.15, -0.1) is 0 Å². The number of benzene rings is 2. The molecule has 2 rings (SSSR count). The summed E-state index contributed by atoms with van der Waals surface area (Å²) in [6.07, 6.45) is 1.81. The van der Waals surface area contributed by atoms with Crippen LogP contribution in [0, 0.1) is 10.1 Å². The fourth-order valence-corrected chi connectivity index (χ4v) is 2.60. The molecule has 0 unspecified atom stereocenters. The second-order valence-corrected chi connectivity index (χ2v) is 5.81. The zero-order chi connectivity index (χ0) is 17.5. The summed E-state index contributed by atoms with van der Waals surface area (Å²) in [5.41, 5.74) is 1.92. The molecule has 0 aromatic heterocycles. The van der Waals surface area contributed by atoms with Crippen molar-refractivity contribution in [2.24, 2.45) is 0 Å². The molecule has 6 nitrogen and oxygen atoms in total. The molecule has 0 radical (unpaired) electrons. The highest BCUT2D eigenvalue weighted by molar-refractivity contribution is 8.00. The van der Waals surface area contributed by atoms with Gasteiger partial charge in [0.05, 0.1) is 16.2 Å². The maximum atomic E-state index is 12.3. The Morgan fingerprint density at radius 3 is 2.67 bits per heavy atom. The molecule has 7 heteroatoms. The van der Waals surface area contributed by atoms with Crippen LogP contribution in [-0.4, -0.2) is 10.8 Å². The molecule has 0 aliphatic heterocycles. The van der Waals surface area contributed by atoms with Crippen LogP contribution in [0.4, 0.5) is 11.4 Å². The Morgan fingerprint density at radius 1 is 1.21 bits per heavy atom. The number of amides is 1. The molecule has 0 aliphatic rings. The van der Waals surface area contributed by atoms with Gasteiger partial charge in [0.15, 0.2) is 0 Å². The van der Waals surface area contributed by atoms with Gasteiger partial charge in [-0.2, -0.15) is 0 Å². The molecule has 0 saturated carbocycles. The molecule has 0 spiro atoms. The third-order valence-electron chi connectivity index (χ3n) is 3.22. The summed E-state index contributed by atoms with van der Waals surface area (Å²) in [4.78, 5) is 23.4. The number of rotatable bonds is 6. The van der Waals surface area contributed by atoms with Gasteiger partial charge in [0.1, 0.15) is 0 Å². The quantitative estimate of drug-likeness (QED) is 0.462. The van der Waals surface area contributed by atoms with Gasteiger partial charge in [-0.05, 0) is 44.0 Å². The van der Waals surface area contributed by atoms with Crippen LogP contribution in [0.15, 0.2) is 65.2 Å². The Balaban J connectivity index is 2.14. The SMILES string of the molecule is C/C=C(\C)NC(=O)c1ccccc1NSc1cccc([N+](=O)[O-])c1. The molecule has 0 fully saturated rings. The average Bonchev–Trinajstić information content (AvgIpc) is 2.60. The number of nitrogens with one attached hydrogen (secondary N) is 2. The van der Waals surface area contributed by atoms with Crippen molar-refractivity contribution in [3.8, 4) is 0 Å². The van der Waals surface area contributed by atoms with Crippen molar-refractivity contribution in [1.29, 1.82) is 0 Å². The topological polar surface area (TPSA) is 84.3 Å². The standard InChI is InChI=1S/C17H17N3O3S/c1-3-12(2)18-17(21)15-9-4-5-10-16(15)19-24-14-8-6-7-13(11-14)20(22)23/h3-11,19H,1-2H3,(H,18,21)/b12-3+. The molecule has 2 aromatic carbocycles. The largest absolute Gasteiger partial charge is 0.326 e. The number of carbonyl (C=O) groups is 1. The zero-order valence-electron chi connectivity index (χ0n) is 13.3. The number of carbonyl (C=O) groups excluding carboxylic acids is 1. The highest BCUT2D eigenvalue weighted by atomic mass is 32.2. The maximum absolute atomic E-state index is 12.3. The smallest absolute Gasteiger partial charge is 0.270 e. The van der Waals surface area contributed by atoms with E-state index in [1.165, 1.54) is 24.1 Å². The van der Waals surface area contributed by atoms with E-state index in [0.29, 0.717) is 16.1 Å². The van der Waals surface area contributed by atoms with Gasteiger partial charge in [0.2, 0.25) is 0 Å². The van der Waals surface area contributed by atoms with Gasteiger partial charge in [-0.1, -0.05) is 24.3 Å². The van der Waals surface area contributed by atoms with Crippen LogP contribution < -0.4 is 10.0 Å². The molecule has 1 amide bonds. The highest BCUT2D eigenvalue weighted by Crippen LogP contribution is 2.26. The fraction of sp³-hybridized carbons (Fsp3) is 0.118. The van der Waals surface area contributed by atoms with Crippen LogP contribution in [0.25, 0.3) is 0 Å². The van der Waals surface area contributed by atoms with Crippen molar-refractivity contribution in [3.63, 3.8) is 0 Å². The minimum absolute atomic E-state index is 0.0246. The number of allylic oxidation sites excluding steroid dienone is 2. The summed E-state index contributed by atoms with van der Waals surface area (Å²) in [6.45, 7) is 3.66. The molecule has 24 heavy (non-hydrogen) atoms. The van der Waals surface area contributed by atoms with Crippen molar-refractivity contribution >= 4 is 29.2 Å². The first-order valence-corrected chi connectivity index (χ1v) is 8.03. The van der Waals surface area contributed by atoms with E-state index in [-0.39, 0.29) is 11.6 Å². The summed E-state index contributed by atoms with van der Waals surface area (Å²) >= 11 is 1.21. The predicted octanol–water partition coefficient (Wildman–Crippen LogP) is 4.37. The summed E-state index contributed by atoms with van der Waals surface area (Å²) in [5.74, 6) is -0.214. The number of anilines is 1. The first-order chi connectivity index (χ1) is 11.5. The van der Waals surface area contributed by atoms with Gasteiger partial charge >= 0.3 is 0 Å². The van der Waals surface area contributed by atoms with Crippen molar-refractivity contribution in [2.75, 3.05) is 4.72 Å². The predicted molar refractivity (Wildman–Crippen MR) is 95.9 cm³/mol. The normalized spacial score (nSPS) is 11.0. The molecular formula is C17H17N3O3S. The summed E-state index contributed by atoms with van der Waals surface area (Å²) in [6, 6.07) is 13.4. The lowest BCUT2D eigenvalue weighted by atomic mass is 10.1. The maximum Gasteiger partial charge on any atom is 0.270 e. The second-order valence-electron chi connectivity index (χ2n) is 4.93. The molecule has 0 saturated heterocycles. The third-order valence-corrected chi connectivity index (χ3v) is 4.03. The summed E-state index contributed by atoms with van der Waals surface area (Å²) < 4.78 is 3.08. The van der Waals surface area contributed by atoms with E-state index >= 15 is 0 Å². The average molecular weight is 343 g/mol. The van der Waals surface area contributed by atoms with Crippen molar-refractivity contribution in [1.82, 2.24) is 5.32 Å². The lowest BCUT2D eigenvalue weighted by Gasteiger charge is -2.11. The molecule has 0 aliphatic carbocycles. The van der Waals surface area contributed by atoms with E-state index in [1.54, 1.807) is 30.3 Å². The van der Waals surface area contributed by atoms with Crippen molar-refractivity contribution in [2.45, 2.75) is 18.7 Å².